The van der Waals surface area contributed by atoms with Crippen molar-refractivity contribution in [3.05, 3.63) is 93.6 Å². The topological polar surface area (TPSA) is 63.8 Å². The lowest BCUT2D eigenvalue weighted by Crippen LogP contribution is -2.16. The molecule has 0 amide bonds. The Morgan fingerprint density at radius 1 is 1.07 bits per heavy atom. The molecule has 0 unspecified atom stereocenters. The van der Waals surface area contributed by atoms with Crippen LogP contribution in [-0.2, 0) is 6.42 Å². The molecule has 0 spiro atoms. The molecule has 0 radical (unpaired) electrons. The van der Waals surface area contributed by atoms with Gasteiger partial charge in [-0.05, 0) is 29.1 Å². The van der Waals surface area contributed by atoms with Crippen LogP contribution in [0, 0.1) is 0 Å². The molecule has 132 valence electrons. The first kappa shape index (κ1) is 15.8. The van der Waals surface area contributed by atoms with Crippen LogP contribution in [0.4, 0.5) is 0 Å². The first-order valence-corrected chi connectivity index (χ1v) is 9.48. The molecule has 1 aromatic carbocycles. The molecular weight excluding hydrogens is 358 g/mol. The Hall–Kier alpha value is -3.38. The SMILES string of the molecule is O=c1c(Cc2ccco2)nc2c(-c3ccsc3)[nH]c(-c3ccccc3)cn1-2. The first-order chi connectivity index (χ1) is 13.3. The average molecular weight is 373 g/mol. The molecule has 1 N–H and O–H groups in total. The lowest BCUT2D eigenvalue weighted by molar-refractivity contribution is 0.519. The molecule has 2 aliphatic rings. The molecule has 0 fully saturated rings. The minimum atomic E-state index is -0.121. The Bertz CT molecular complexity index is 1200. The Labute approximate surface area is 158 Å². The number of imidazole rings is 1. The van der Waals surface area contributed by atoms with E-state index in [4.69, 9.17) is 4.42 Å². The molecular formula is C21H15N3O2S. The zero-order valence-corrected chi connectivity index (χ0v) is 15.1. The molecule has 0 saturated carbocycles. The zero-order chi connectivity index (χ0) is 18.2. The molecule has 3 aromatic rings. The second-order valence-corrected chi connectivity index (χ2v) is 7.01. The van der Waals surface area contributed by atoms with Crippen molar-refractivity contribution in [3.63, 3.8) is 0 Å². The monoisotopic (exact) mass is 373 g/mol. The van der Waals surface area contributed by atoms with E-state index in [0.29, 0.717) is 17.9 Å². The van der Waals surface area contributed by atoms with E-state index < -0.39 is 0 Å². The molecule has 6 heteroatoms. The molecule has 0 saturated heterocycles. The van der Waals surface area contributed by atoms with E-state index in [1.807, 2.05) is 65.5 Å². The number of hydrogen-bond acceptors (Lipinski definition) is 4. The largest absolute Gasteiger partial charge is 0.469 e. The minimum absolute atomic E-state index is 0.121. The highest BCUT2D eigenvalue weighted by Gasteiger charge is 2.21. The number of thiophene rings is 1. The number of rotatable bonds is 4. The van der Waals surface area contributed by atoms with Gasteiger partial charge in [-0.2, -0.15) is 11.3 Å². The van der Waals surface area contributed by atoms with Gasteiger partial charge in [-0.15, -0.1) is 0 Å². The van der Waals surface area contributed by atoms with Crippen LogP contribution >= 0.6 is 11.3 Å². The number of furan rings is 1. The van der Waals surface area contributed by atoms with Gasteiger partial charge in [-0.3, -0.25) is 9.36 Å². The van der Waals surface area contributed by atoms with Crippen molar-refractivity contribution < 1.29 is 4.42 Å². The standard InChI is InChI=1S/C21H15N3O2S/c25-21-17(11-16-7-4-9-26-16)23-20-19(15-8-10-27-13-15)22-18(12-24(20)21)14-5-2-1-3-6-14/h1-10,12-13,22H,11H2. The summed E-state index contributed by atoms with van der Waals surface area (Å²) in [6.45, 7) is 0. The fourth-order valence-electron chi connectivity index (χ4n) is 3.18. The molecule has 0 atom stereocenters. The average Bonchev–Trinajstić information content (AvgIpc) is 3.46. The van der Waals surface area contributed by atoms with Gasteiger partial charge in [0.2, 0.25) is 0 Å². The van der Waals surface area contributed by atoms with Gasteiger partial charge in [-0.1, -0.05) is 30.3 Å². The summed E-state index contributed by atoms with van der Waals surface area (Å²) in [5.74, 6) is 1.35. The van der Waals surface area contributed by atoms with E-state index >= 15 is 0 Å². The summed E-state index contributed by atoms with van der Waals surface area (Å²) in [6, 6.07) is 15.6. The number of H-pyrrole nitrogens is 1. The first-order valence-electron chi connectivity index (χ1n) is 8.54. The van der Waals surface area contributed by atoms with Crippen LogP contribution in [0.15, 0.2) is 81.0 Å². The summed E-state index contributed by atoms with van der Waals surface area (Å²) >= 11 is 1.61. The number of aromatic nitrogens is 3. The van der Waals surface area contributed by atoms with Crippen molar-refractivity contribution in [2.24, 2.45) is 0 Å². The third-order valence-electron chi connectivity index (χ3n) is 4.49. The van der Waals surface area contributed by atoms with Gasteiger partial charge in [-0.25, -0.2) is 4.98 Å². The minimum Gasteiger partial charge on any atom is -0.469 e. The van der Waals surface area contributed by atoms with E-state index in [0.717, 1.165) is 28.3 Å². The number of nitrogens with one attached hydrogen (secondary N) is 1. The fraction of sp³-hybridized carbons (Fsp3) is 0.0476. The third kappa shape index (κ3) is 2.80. The quantitative estimate of drug-likeness (QED) is 0.502. The summed E-state index contributed by atoms with van der Waals surface area (Å²) in [5, 5.41) is 4.06. The number of nitrogens with zero attached hydrogens (tertiary/aromatic N) is 2. The Morgan fingerprint density at radius 3 is 2.70 bits per heavy atom. The van der Waals surface area contributed by atoms with E-state index in [1.165, 1.54) is 0 Å². The predicted octanol–water partition coefficient (Wildman–Crippen LogP) is 4.58. The molecule has 5 nitrogen and oxygen atoms in total. The second-order valence-electron chi connectivity index (χ2n) is 6.23. The number of aromatic amines is 1. The summed E-state index contributed by atoms with van der Waals surface area (Å²) in [7, 11) is 0. The van der Waals surface area contributed by atoms with Crippen LogP contribution in [0.3, 0.4) is 0 Å². The Balaban J connectivity index is 1.74. The van der Waals surface area contributed by atoms with Crippen LogP contribution < -0.4 is 5.56 Å². The van der Waals surface area contributed by atoms with Crippen LogP contribution in [0.2, 0.25) is 0 Å². The maximum Gasteiger partial charge on any atom is 0.278 e. The van der Waals surface area contributed by atoms with E-state index in [2.05, 4.69) is 9.97 Å². The van der Waals surface area contributed by atoms with Crippen molar-refractivity contribution >= 4 is 11.3 Å². The molecule has 0 aliphatic carbocycles. The smallest absolute Gasteiger partial charge is 0.278 e. The summed E-state index contributed by atoms with van der Waals surface area (Å²) in [5.41, 5.74) is 4.07. The molecule has 27 heavy (non-hydrogen) atoms. The molecule has 0 bridgehead atoms. The Morgan fingerprint density at radius 2 is 1.96 bits per heavy atom. The summed E-state index contributed by atoms with van der Waals surface area (Å²) < 4.78 is 7.02. The Kier molecular flexibility index (Phi) is 3.76. The van der Waals surface area contributed by atoms with Crippen molar-refractivity contribution in [2.75, 3.05) is 0 Å². The van der Waals surface area contributed by atoms with Gasteiger partial charge in [0.05, 0.1) is 24.1 Å². The highest BCUT2D eigenvalue weighted by Crippen LogP contribution is 2.29. The number of hydrogen-bond donors (Lipinski definition) is 1. The van der Waals surface area contributed by atoms with Crippen LogP contribution in [0.5, 0.6) is 0 Å². The van der Waals surface area contributed by atoms with Gasteiger partial charge in [0.1, 0.15) is 11.5 Å². The van der Waals surface area contributed by atoms with E-state index in [-0.39, 0.29) is 5.56 Å². The maximum absolute atomic E-state index is 13.0. The van der Waals surface area contributed by atoms with Crippen molar-refractivity contribution in [1.82, 2.24) is 14.5 Å². The summed E-state index contributed by atoms with van der Waals surface area (Å²) in [4.78, 5) is 21.1. The third-order valence-corrected chi connectivity index (χ3v) is 5.18. The van der Waals surface area contributed by atoms with Crippen LogP contribution in [0.1, 0.15) is 11.5 Å². The number of fused-ring (bicyclic) bond motifs is 1. The molecule has 2 aliphatic heterocycles. The van der Waals surface area contributed by atoms with Gasteiger partial charge in [0.25, 0.3) is 5.56 Å². The molecule has 2 aromatic heterocycles. The van der Waals surface area contributed by atoms with Gasteiger partial charge in [0.15, 0.2) is 5.82 Å². The molecule has 5 rings (SSSR count). The normalized spacial score (nSPS) is 11.3. The van der Waals surface area contributed by atoms with Crippen LogP contribution in [-0.4, -0.2) is 14.5 Å². The second kappa shape index (κ2) is 6.41. The van der Waals surface area contributed by atoms with E-state index in [1.54, 1.807) is 22.2 Å². The number of benzene rings is 1. The highest BCUT2D eigenvalue weighted by atomic mass is 32.1. The lowest BCUT2D eigenvalue weighted by atomic mass is 10.1. The van der Waals surface area contributed by atoms with Crippen molar-refractivity contribution in [1.29, 1.82) is 0 Å². The fourth-order valence-corrected chi connectivity index (χ4v) is 3.83. The van der Waals surface area contributed by atoms with Crippen molar-refractivity contribution in [2.45, 2.75) is 6.42 Å². The zero-order valence-electron chi connectivity index (χ0n) is 14.3. The predicted molar refractivity (Wildman–Crippen MR) is 106 cm³/mol. The highest BCUT2D eigenvalue weighted by molar-refractivity contribution is 7.08. The lowest BCUT2D eigenvalue weighted by Gasteiger charge is -2.12. The maximum atomic E-state index is 13.0. The summed E-state index contributed by atoms with van der Waals surface area (Å²) in [6.07, 6.45) is 3.80. The van der Waals surface area contributed by atoms with Crippen LogP contribution in [0.25, 0.3) is 28.3 Å². The van der Waals surface area contributed by atoms with Gasteiger partial charge in [0, 0.05) is 17.1 Å². The van der Waals surface area contributed by atoms with Gasteiger partial charge < -0.3 is 9.40 Å². The van der Waals surface area contributed by atoms with Crippen molar-refractivity contribution in [3.8, 4) is 28.3 Å². The van der Waals surface area contributed by atoms with Gasteiger partial charge >= 0.3 is 0 Å². The molecule has 4 heterocycles. The van der Waals surface area contributed by atoms with E-state index in [9.17, 15) is 4.79 Å².